The van der Waals surface area contributed by atoms with Crippen LogP contribution in [0, 0.1) is 11.3 Å². The van der Waals surface area contributed by atoms with Crippen LogP contribution >= 0.6 is 11.6 Å². The normalized spacial score (nSPS) is 13.0. The fraction of sp³-hybridized carbons (Fsp3) is 0.593. The van der Waals surface area contributed by atoms with Crippen molar-refractivity contribution in [2.75, 3.05) is 18.4 Å². The van der Waals surface area contributed by atoms with Gasteiger partial charge in [0, 0.05) is 24.4 Å². The first-order valence-electron chi connectivity index (χ1n) is 12.1. The number of nitrogens with one attached hydrogen (secondary N) is 1. The molecule has 188 valence electrons. The Kier molecular flexibility index (Phi) is 9.35. The number of amides is 2. The highest BCUT2D eigenvalue weighted by Crippen LogP contribution is 2.29. The molecule has 0 aliphatic heterocycles. The van der Waals surface area contributed by atoms with Crippen LogP contribution in [-0.2, 0) is 15.0 Å². The summed E-state index contributed by atoms with van der Waals surface area (Å²) in [6, 6.07) is 9.26. The smallest absolute Gasteiger partial charge is 0.245 e. The molecule has 6 nitrogen and oxygen atoms in total. The van der Waals surface area contributed by atoms with Gasteiger partial charge in [0.2, 0.25) is 11.8 Å². The van der Waals surface area contributed by atoms with Crippen molar-refractivity contribution in [2.24, 2.45) is 11.3 Å². The number of carbonyl (C=O) groups is 2. The maximum atomic E-state index is 13.1. The van der Waals surface area contributed by atoms with Crippen molar-refractivity contribution in [3.05, 3.63) is 41.0 Å². The lowest BCUT2D eigenvalue weighted by Gasteiger charge is -2.26. The van der Waals surface area contributed by atoms with Gasteiger partial charge in [0.25, 0.3) is 0 Å². The first-order valence-corrected chi connectivity index (χ1v) is 12.5. The fourth-order valence-corrected chi connectivity index (χ4v) is 4.32. The lowest BCUT2D eigenvalue weighted by molar-refractivity contribution is -0.135. The van der Waals surface area contributed by atoms with Crippen molar-refractivity contribution in [2.45, 2.75) is 80.1 Å². The summed E-state index contributed by atoms with van der Waals surface area (Å²) in [7, 11) is 0. The Morgan fingerprint density at radius 2 is 1.79 bits per heavy atom. The molecule has 1 atom stereocenters. The Bertz CT molecular complexity index is 985. The minimum atomic E-state index is -0.251. The molecule has 1 heterocycles. The molecule has 1 N–H and O–H groups in total. The summed E-state index contributed by atoms with van der Waals surface area (Å²) in [6.45, 7) is 17.4. The van der Waals surface area contributed by atoms with Crippen LogP contribution in [0.2, 0.25) is 5.02 Å². The van der Waals surface area contributed by atoms with Crippen LogP contribution in [0.15, 0.2) is 30.3 Å². The zero-order valence-electron chi connectivity index (χ0n) is 22.0. The van der Waals surface area contributed by atoms with Gasteiger partial charge in [-0.1, -0.05) is 79.1 Å². The minimum absolute atomic E-state index is 0.00740. The van der Waals surface area contributed by atoms with Crippen molar-refractivity contribution in [3.8, 4) is 5.69 Å². The number of hydrogen-bond donors (Lipinski definition) is 1. The number of anilines is 1. The van der Waals surface area contributed by atoms with Crippen LogP contribution in [0.1, 0.15) is 80.3 Å². The van der Waals surface area contributed by atoms with E-state index >= 15 is 0 Å². The monoisotopic (exact) mass is 488 g/mol. The van der Waals surface area contributed by atoms with Gasteiger partial charge in [0.05, 0.1) is 22.9 Å². The van der Waals surface area contributed by atoms with E-state index in [0.29, 0.717) is 29.5 Å². The van der Waals surface area contributed by atoms with E-state index in [9.17, 15) is 9.59 Å². The number of para-hydroxylation sites is 1. The topological polar surface area (TPSA) is 67.2 Å². The third-order valence-corrected chi connectivity index (χ3v) is 5.81. The number of aromatic nitrogens is 2. The molecule has 0 fully saturated rings. The molecular weight excluding hydrogens is 448 g/mol. The zero-order valence-corrected chi connectivity index (χ0v) is 22.8. The van der Waals surface area contributed by atoms with Gasteiger partial charge in [-0.25, -0.2) is 4.68 Å². The first kappa shape index (κ1) is 27.9. The Morgan fingerprint density at radius 3 is 2.35 bits per heavy atom. The molecule has 0 saturated heterocycles. The van der Waals surface area contributed by atoms with Gasteiger partial charge in [0.1, 0.15) is 5.82 Å². The van der Waals surface area contributed by atoms with E-state index in [0.717, 1.165) is 18.5 Å². The van der Waals surface area contributed by atoms with Gasteiger partial charge >= 0.3 is 0 Å². The summed E-state index contributed by atoms with van der Waals surface area (Å²) in [4.78, 5) is 27.7. The number of rotatable bonds is 9. The summed E-state index contributed by atoms with van der Waals surface area (Å²) < 4.78 is 1.66. The van der Waals surface area contributed by atoms with Gasteiger partial charge in [-0.2, -0.15) is 5.10 Å². The van der Waals surface area contributed by atoms with E-state index in [4.69, 9.17) is 16.7 Å². The zero-order chi connectivity index (χ0) is 25.7. The average molecular weight is 489 g/mol. The number of carbonyl (C=O) groups excluding carboxylic acids is 2. The quantitative estimate of drug-likeness (QED) is 0.440. The van der Waals surface area contributed by atoms with Crippen molar-refractivity contribution in [1.29, 1.82) is 0 Å². The summed E-state index contributed by atoms with van der Waals surface area (Å²) in [5, 5.41) is 8.24. The molecule has 2 aromatic rings. The lowest BCUT2D eigenvalue weighted by Crippen LogP contribution is -2.39. The third kappa shape index (κ3) is 8.15. The van der Waals surface area contributed by atoms with E-state index in [-0.39, 0.29) is 35.1 Å². The first-order chi connectivity index (χ1) is 15.7. The van der Waals surface area contributed by atoms with E-state index in [1.54, 1.807) is 15.6 Å². The Morgan fingerprint density at radius 1 is 1.15 bits per heavy atom. The number of nitrogens with zero attached hydrogens (tertiary/aromatic N) is 3. The molecule has 0 saturated carbocycles. The molecule has 0 bridgehead atoms. The maximum Gasteiger partial charge on any atom is 0.245 e. The molecule has 1 aromatic carbocycles. The van der Waals surface area contributed by atoms with Gasteiger partial charge in [-0.15, -0.1) is 0 Å². The number of halogens is 1. The van der Waals surface area contributed by atoms with Crippen molar-refractivity contribution < 1.29 is 9.59 Å². The Labute approximate surface area is 210 Å². The molecule has 7 heteroatoms. The fourth-order valence-electron chi connectivity index (χ4n) is 4.11. The summed E-state index contributed by atoms with van der Waals surface area (Å²) >= 11 is 6.43. The predicted octanol–water partition coefficient (Wildman–Crippen LogP) is 6.46. The molecular formula is C27H41ClN4O2. The van der Waals surface area contributed by atoms with Gasteiger partial charge in [0.15, 0.2) is 0 Å². The van der Waals surface area contributed by atoms with Crippen LogP contribution in [0.5, 0.6) is 0 Å². The van der Waals surface area contributed by atoms with E-state index in [2.05, 4.69) is 53.8 Å². The molecule has 0 aliphatic rings. The highest BCUT2D eigenvalue weighted by molar-refractivity contribution is 6.32. The molecule has 2 amide bonds. The number of hydrogen-bond acceptors (Lipinski definition) is 3. The molecule has 1 unspecified atom stereocenters. The average Bonchev–Trinajstić information content (AvgIpc) is 3.10. The van der Waals surface area contributed by atoms with Crippen LogP contribution in [0.25, 0.3) is 5.69 Å². The van der Waals surface area contributed by atoms with Gasteiger partial charge in [-0.3, -0.25) is 9.59 Å². The van der Waals surface area contributed by atoms with Crippen LogP contribution < -0.4 is 5.32 Å². The molecule has 0 aliphatic carbocycles. The number of benzene rings is 1. The second-order valence-corrected chi connectivity index (χ2v) is 11.9. The van der Waals surface area contributed by atoms with Crippen molar-refractivity contribution >= 4 is 29.2 Å². The predicted molar refractivity (Wildman–Crippen MR) is 141 cm³/mol. The van der Waals surface area contributed by atoms with E-state index in [1.807, 2.05) is 31.2 Å². The second-order valence-electron chi connectivity index (χ2n) is 11.5. The summed E-state index contributed by atoms with van der Waals surface area (Å²) in [6.07, 6.45) is 2.19. The largest absolute Gasteiger partial charge is 0.333 e. The molecule has 2 rings (SSSR count). The summed E-state index contributed by atoms with van der Waals surface area (Å²) in [5.41, 5.74) is 1.47. The van der Waals surface area contributed by atoms with Crippen LogP contribution in [-0.4, -0.2) is 39.6 Å². The molecule has 0 spiro atoms. The molecule has 1 aromatic heterocycles. The van der Waals surface area contributed by atoms with Gasteiger partial charge < -0.3 is 10.2 Å². The maximum absolute atomic E-state index is 13.1. The lowest BCUT2D eigenvalue weighted by atomic mass is 9.84. The summed E-state index contributed by atoms with van der Waals surface area (Å²) in [5.74, 6) is 0.557. The highest BCUT2D eigenvalue weighted by atomic mass is 35.5. The second kappa shape index (κ2) is 11.4. The van der Waals surface area contributed by atoms with Crippen LogP contribution in [0.4, 0.5) is 5.82 Å². The van der Waals surface area contributed by atoms with Crippen molar-refractivity contribution in [3.63, 3.8) is 0 Å². The standard InChI is InChI=1S/C27H41ClN4O2/c1-9-14-31(25(34)15-19(2)17-26(3,4)5)18-24(33)29-23-16-22(27(6,7)8)30-32(23)21-13-11-10-12-20(21)28/h10-13,16,19H,9,14-15,17-18H2,1-8H3,(H,29,33). The van der Waals surface area contributed by atoms with Gasteiger partial charge in [-0.05, 0) is 36.3 Å². The van der Waals surface area contributed by atoms with Crippen LogP contribution in [0.3, 0.4) is 0 Å². The Hall–Kier alpha value is -2.34. The van der Waals surface area contributed by atoms with E-state index < -0.39 is 0 Å². The Balaban J connectivity index is 2.22. The molecule has 34 heavy (non-hydrogen) atoms. The van der Waals surface area contributed by atoms with E-state index in [1.165, 1.54) is 0 Å². The van der Waals surface area contributed by atoms with Crippen molar-refractivity contribution in [1.82, 2.24) is 14.7 Å². The minimum Gasteiger partial charge on any atom is -0.333 e. The third-order valence-electron chi connectivity index (χ3n) is 5.49. The highest BCUT2D eigenvalue weighted by Gasteiger charge is 2.25. The molecule has 0 radical (unpaired) electrons. The SMILES string of the molecule is CCCN(CC(=O)Nc1cc(C(C)(C)C)nn1-c1ccccc1Cl)C(=O)CC(C)CC(C)(C)C.